The number of carbonyl (C=O) groups excluding carboxylic acids is 3. The number of benzene rings is 1. The minimum Gasteiger partial charge on any atom is -0.480 e. The predicted molar refractivity (Wildman–Crippen MR) is 141 cm³/mol. The molecule has 40 heavy (non-hydrogen) atoms. The number of alkyl halides is 2. The number of alkyl carbamates (subject to hydrolysis) is 1. The normalized spacial score (nSPS) is 16.9. The zero-order chi connectivity index (χ0) is 29.7. The summed E-state index contributed by atoms with van der Waals surface area (Å²) in [6.45, 7) is 4.98. The molecule has 3 rings (SSSR count). The zero-order valence-corrected chi connectivity index (χ0v) is 22.9. The summed E-state index contributed by atoms with van der Waals surface area (Å²) < 4.78 is 34.0. The summed E-state index contributed by atoms with van der Waals surface area (Å²) in [6, 6.07) is 5.46. The summed E-state index contributed by atoms with van der Waals surface area (Å²) in [5.74, 6) is -5.65. The summed E-state index contributed by atoms with van der Waals surface area (Å²) in [5.41, 5.74) is 0.357. The number of aliphatic carboxylic acids is 1. The second-order valence-corrected chi connectivity index (χ2v) is 10.9. The van der Waals surface area contributed by atoms with Crippen LogP contribution in [0.15, 0.2) is 36.5 Å². The molecule has 1 fully saturated rings. The van der Waals surface area contributed by atoms with Gasteiger partial charge in [0, 0.05) is 38.2 Å². The Labute approximate surface area is 230 Å². The Balaban J connectivity index is 1.69. The molecule has 13 heteroatoms. The van der Waals surface area contributed by atoms with Crippen molar-refractivity contribution in [2.24, 2.45) is 13.0 Å². The molecule has 1 aromatic carbocycles. The minimum atomic E-state index is -2.80. The molecule has 11 nitrogen and oxygen atoms in total. The number of halogens is 2. The molecule has 218 valence electrons. The van der Waals surface area contributed by atoms with Crippen LogP contribution in [0.5, 0.6) is 0 Å². The Kier molecular flexibility index (Phi) is 9.48. The van der Waals surface area contributed by atoms with Gasteiger partial charge >= 0.3 is 12.1 Å². The number of carboxylic acid groups (broad SMARTS) is 1. The average molecular weight is 564 g/mol. The molecule has 2 atom stereocenters. The van der Waals surface area contributed by atoms with E-state index in [-0.39, 0.29) is 37.8 Å². The van der Waals surface area contributed by atoms with E-state index in [1.807, 2.05) is 0 Å². The third kappa shape index (κ3) is 8.75. The van der Waals surface area contributed by atoms with Crippen molar-refractivity contribution in [3.8, 4) is 0 Å². The van der Waals surface area contributed by atoms with E-state index in [4.69, 9.17) is 4.74 Å². The van der Waals surface area contributed by atoms with E-state index < -0.39 is 53.4 Å². The second kappa shape index (κ2) is 12.4. The predicted octanol–water partition coefficient (Wildman–Crippen LogP) is 3.50. The van der Waals surface area contributed by atoms with E-state index in [2.05, 4.69) is 21.0 Å². The molecule has 2 aromatic rings. The van der Waals surface area contributed by atoms with Crippen molar-refractivity contribution >= 4 is 29.6 Å². The van der Waals surface area contributed by atoms with Gasteiger partial charge in [-0.1, -0.05) is 12.1 Å². The number of nitrogens with one attached hydrogen (secondary N) is 3. The number of amides is 3. The van der Waals surface area contributed by atoms with Crippen LogP contribution in [0.3, 0.4) is 0 Å². The number of ether oxygens (including phenoxy) is 1. The van der Waals surface area contributed by atoms with Crippen molar-refractivity contribution < 1.29 is 37.8 Å². The number of hydrogen-bond acceptors (Lipinski definition) is 6. The molecular weight excluding hydrogens is 528 g/mol. The maximum Gasteiger partial charge on any atom is 0.408 e. The largest absolute Gasteiger partial charge is 0.480 e. The quantitative estimate of drug-likeness (QED) is 0.364. The lowest BCUT2D eigenvalue weighted by Gasteiger charge is -2.33. The molecule has 4 N–H and O–H groups in total. The van der Waals surface area contributed by atoms with Crippen LogP contribution in [0.4, 0.5) is 19.3 Å². The highest BCUT2D eigenvalue weighted by atomic mass is 19.3. The highest BCUT2D eigenvalue weighted by Crippen LogP contribution is 2.37. The van der Waals surface area contributed by atoms with E-state index in [1.165, 1.54) is 16.9 Å². The SMILES string of the molecule is Cn1nccc1C(=O)NC(C(=O)Nc1ccc(CC(NC(=O)OC(C)(C)C)C(=O)O)cc1)C1CCC(F)(F)CC1. The first-order valence-corrected chi connectivity index (χ1v) is 12.9. The molecule has 0 radical (unpaired) electrons. The van der Waals surface area contributed by atoms with Crippen molar-refractivity contribution in [3.05, 3.63) is 47.8 Å². The van der Waals surface area contributed by atoms with E-state index >= 15 is 0 Å². The Bertz CT molecular complexity index is 1210. The molecule has 3 amide bonds. The smallest absolute Gasteiger partial charge is 0.408 e. The summed E-state index contributed by atoms with van der Waals surface area (Å²) in [5, 5.41) is 21.2. The first kappa shape index (κ1) is 30.5. The van der Waals surface area contributed by atoms with Crippen molar-refractivity contribution in [3.63, 3.8) is 0 Å². The van der Waals surface area contributed by atoms with Crippen molar-refractivity contribution in [2.45, 2.75) is 76.5 Å². The van der Waals surface area contributed by atoms with Gasteiger partial charge in [0.25, 0.3) is 5.91 Å². The lowest BCUT2D eigenvalue weighted by molar-refractivity contribution is -0.139. The molecule has 1 aromatic heterocycles. The van der Waals surface area contributed by atoms with Gasteiger partial charge in [-0.15, -0.1) is 0 Å². The molecule has 1 heterocycles. The van der Waals surface area contributed by atoms with Crippen LogP contribution in [0.25, 0.3) is 0 Å². The van der Waals surface area contributed by atoms with Gasteiger partial charge in [0.1, 0.15) is 23.4 Å². The first-order chi connectivity index (χ1) is 18.6. The van der Waals surface area contributed by atoms with Crippen LogP contribution in [0.2, 0.25) is 0 Å². The monoisotopic (exact) mass is 563 g/mol. The molecule has 0 spiro atoms. The van der Waals surface area contributed by atoms with Crippen molar-refractivity contribution in [1.82, 2.24) is 20.4 Å². The van der Waals surface area contributed by atoms with Crippen LogP contribution < -0.4 is 16.0 Å². The Hall–Kier alpha value is -4.03. The first-order valence-electron chi connectivity index (χ1n) is 12.9. The fraction of sp³-hybridized carbons (Fsp3) is 0.519. The Morgan fingerprint density at radius 1 is 1.10 bits per heavy atom. The summed E-state index contributed by atoms with van der Waals surface area (Å²) >= 11 is 0. The second-order valence-electron chi connectivity index (χ2n) is 10.9. The summed E-state index contributed by atoms with van der Waals surface area (Å²) in [6.07, 6.45) is -0.0796. The molecule has 1 aliphatic rings. The molecule has 1 saturated carbocycles. The van der Waals surface area contributed by atoms with Crippen LogP contribution in [0.1, 0.15) is 62.5 Å². The number of nitrogens with zero attached hydrogens (tertiary/aromatic N) is 2. The molecule has 0 saturated heterocycles. The van der Waals surface area contributed by atoms with Gasteiger partial charge in [-0.25, -0.2) is 18.4 Å². The van der Waals surface area contributed by atoms with Gasteiger partial charge in [0.05, 0.1) is 0 Å². The molecular formula is C27H35F2N5O6. The number of hydrogen-bond donors (Lipinski definition) is 4. The number of aromatic nitrogens is 2. The third-order valence-corrected chi connectivity index (χ3v) is 6.51. The lowest BCUT2D eigenvalue weighted by Crippen LogP contribution is -2.50. The van der Waals surface area contributed by atoms with Gasteiger partial charge in [-0.05, 0) is 63.3 Å². The minimum absolute atomic E-state index is 0.0392. The van der Waals surface area contributed by atoms with Crippen LogP contribution in [-0.4, -0.2) is 62.4 Å². The maximum absolute atomic E-state index is 13.8. The average Bonchev–Trinajstić information content (AvgIpc) is 3.28. The summed E-state index contributed by atoms with van der Waals surface area (Å²) in [4.78, 5) is 49.8. The van der Waals surface area contributed by atoms with Gasteiger partial charge in [-0.2, -0.15) is 5.10 Å². The standard InChI is InChI=1S/C27H35F2N5O6/c1-26(2,3)40-25(39)32-19(24(37)38)15-16-5-7-18(8-6-16)31-23(36)21(17-9-12-27(28,29)13-10-17)33-22(35)20-11-14-30-34(20)4/h5-8,11,14,17,19,21H,9-10,12-13,15H2,1-4H3,(H,31,36)(H,32,39)(H,33,35)(H,37,38). The number of carboxylic acids is 1. The van der Waals surface area contributed by atoms with Crippen molar-refractivity contribution in [1.29, 1.82) is 0 Å². The fourth-order valence-corrected chi connectivity index (χ4v) is 4.43. The highest BCUT2D eigenvalue weighted by molar-refractivity contribution is 6.00. The van der Waals surface area contributed by atoms with E-state index in [0.717, 1.165) is 0 Å². The van der Waals surface area contributed by atoms with Crippen LogP contribution >= 0.6 is 0 Å². The maximum atomic E-state index is 13.8. The molecule has 1 aliphatic carbocycles. The highest BCUT2D eigenvalue weighted by Gasteiger charge is 2.40. The zero-order valence-electron chi connectivity index (χ0n) is 22.9. The van der Waals surface area contributed by atoms with Crippen molar-refractivity contribution in [2.75, 3.05) is 5.32 Å². The number of rotatable bonds is 9. The molecule has 0 aliphatic heterocycles. The van der Waals surface area contributed by atoms with Gasteiger partial charge < -0.3 is 25.8 Å². The number of carbonyl (C=O) groups is 4. The van der Waals surface area contributed by atoms with Gasteiger partial charge in [-0.3, -0.25) is 14.3 Å². The van der Waals surface area contributed by atoms with Crippen LogP contribution in [-0.2, 0) is 27.8 Å². The van der Waals surface area contributed by atoms with Gasteiger partial charge in [0.2, 0.25) is 11.8 Å². The molecule has 2 unspecified atom stereocenters. The number of aryl methyl sites for hydroxylation is 1. The lowest BCUT2D eigenvalue weighted by atomic mass is 9.81. The fourth-order valence-electron chi connectivity index (χ4n) is 4.43. The van der Waals surface area contributed by atoms with E-state index in [0.29, 0.717) is 11.3 Å². The van der Waals surface area contributed by atoms with Crippen LogP contribution in [0, 0.1) is 5.92 Å². The summed E-state index contributed by atoms with van der Waals surface area (Å²) in [7, 11) is 1.57. The van der Waals surface area contributed by atoms with E-state index in [1.54, 1.807) is 52.1 Å². The Morgan fingerprint density at radius 2 is 1.73 bits per heavy atom. The molecule has 0 bridgehead atoms. The van der Waals surface area contributed by atoms with Gasteiger partial charge in [0.15, 0.2) is 0 Å². The topological polar surface area (TPSA) is 152 Å². The van der Waals surface area contributed by atoms with E-state index in [9.17, 15) is 33.1 Å². The number of anilines is 1. The Morgan fingerprint density at radius 3 is 2.25 bits per heavy atom. The third-order valence-electron chi connectivity index (χ3n) is 6.51.